The molecule has 0 aliphatic carbocycles. The third-order valence-electron chi connectivity index (χ3n) is 5.56. The Labute approximate surface area is 199 Å². The second kappa shape index (κ2) is 11.0. The molecular weight excluding hydrogens is 466 g/mol. The molecule has 2 N–H and O–H groups in total. The quantitative estimate of drug-likeness (QED) is 0.588. The van der Waals surface area contributed by atoms with Crippen LogP contribution in [0.15, 0.2) is 53.4 Å². The summed E-state index contributed by atoms with van der Waals surface area (Å²) in [5.41, 5.74) is 0.848. The Bertz CT molecular complexity index is 1090. The molecule has 1 saturated heterocycles. The van der Waals surface area contributed by atoms with E-state index in [1.165, 1.54) is 23.5 Å². The molecule has 0 bridgehead atoms. The molecule has 178 valence electrons. The van der Waals surface area contributed by atoms with Crippen LogP contribution in [-0.4, -0.2) is 50.8 Å². The van der Waals surface area contributed by atoms with Crippen LogP contribution in [0.4, 0.5) is 0 Å². The number of carbonyl (C=O) groups is 2. The summed E-state index contributed by atoms with van der Waals surface area (Å²) in [5.74, 6) is -0.640. The van der Waals surface area contributed by atoms with Crippen LogP contribution in [0.2, 0.25) is 5.02 Å². The van der Waals surface area contributed by atoms with E-state index in [4.69, 9.17) is 16.3 Å². The largest absolute Gasteiger partial charge is 0.497 e. The van der Waals surface area contributed by atoms with E-state index < -0.39 is 22.0 Å². The topological polar surface area (TPSA) is 105 Å². The normalized spacial score (nSPS) is 17.7. The molecule has 0 radical (unpaired) electrons. The summed E-state index contributed by atoms with van der Waals surface area (Å²) >= 11 is 5.95. The van der Waals surface area contributed by atoms with E-state index in [0.717, 1.165) is 5.56 Å². The summed E-state index contributed by atoms with van der Waals surface area (Å²) in [5, 5.41) is 6.06. The van der Waals surface area contributed by atoms with Crippen molar-refractivity contribution in [3.8, 4) is 5.75 Å². The average Bonchev–Trinajstić information content (AvgIpc) is 2.82. The molecular formula is C23H28ClN3O5S. The van der Waals surface area contributed by atoms with Crippen molar-refractivity contribution in [2.75, 3.05) is 20.2 Å². The first kappa shape index (κ1) is 25.0. The van der Waals surface area contributed by atoms with Crippen LogP contribution < -0.4 is 15.4 Å². The van der Waals surface area contributed by atoms with Crippen LogP contribution in [0.25, 0.3) is 0 Å². The Morgan fingerprint density at radius 3 is 2.61 bits per heavy atom. The van der Waals surface area contributed by atoms with Crippen molar-refractivity contribution in [2.24, 2.45) is 5.92 Å². The number of rotatable bonds is 8. The van der Waals surface area contributed by atoms with Gasteiger partial charge in [-0.3, -0.25) is 9.59 Å². The molecule has 1 aliphatic rings. The van der Waals surface area contributed by atoms with Gasteiger partial charge in [-0.2, -0.15) is 4.31 Å². The van der Waals surface area contributed by atoms with Crippen LogP contribution in [0.1, 0.15) is 25.3 Å². The van der Waals surface area contributed by atoms with Gasteiger partial charge >= 0.3 is 0 Å². The van der Waals surface area contributed by atoms with Crippen molar-refractivity contribution >= 4 is 33.4 Å². The number of sulfonamides is 1. The summed E-state index contributed by atoms with van der Waals surface area (Å²) in [7, 11) is -2.22. The lowest BCUT2D eigenvalue weighted by molar-refractivity contribution is -0.131. The first-order chi connectivity index (χ1) is 15.7. The lowest BCUT2D eigenvalue weighted by Gasteiger charge is -2.31. The van der Waals surface area contributed by atoms with E-state index in [-0.39, 0.29) is 29.8 Å². The van der Waals surface area contributed by atoms with Crippen LogP contribution >= 0.6 is 11.6 Å². The van der Waals surface area contributed by atoms with E-state index >= 15 is 0 Å². The van der Waals surface area contributed by atoms with Gasteiger partial charge in [0.05, 0.1) is 17.9 Å². The Morgan fingerprint density at radius 1 is 1.21 bits per heavy atom. The van der Waals surface area contributed by atoms with E-state index in [1.807, 2.05) is 6.07 Å². The fourth-order valence-electron chi connectivity index (χ4n) is 3.66. The number of hydrogen-bond donors (Lipinski definition) is 2. The molecule has 2 amide bonds. The summed E-state index contributed by atoms with van der Waals surface area (Å²) in [6.45, 7) is 2.29. The highest BCUT2D eigenvalue weighted by atomic mass is 35.5. The average molecular weight is 494 g/mol. The minimum absolute atomic E-state index is 0.0665. The third kappa shape index (κ3) is 6.46. The van der Waals surface area contributed by atoms with E-state index in [0.29, 0.717) is 30.2 Å². The fourth-order valence-corrected chi connectivity index (χ4v) is 5.39. The molecule has 8 nitrogen and oxygen atoms in total. The molecule has 1 fully saturated rings. The first-order valence-electron chi connectivity index (χ1n) is 10.7. The van der Waals surface area contributed by atoms with Gasteiger partial charge < -0.3 is 15.4 Å². The molecule has 2 aromatic carbocycles. The number of methoxy groups -OCH3 is 1. The number of carbonyl (C=O) groups excluding carboxylic acids is 2. The maximum Gasteiger partial charge on any atom is 0.243 e. The first-order valence-corrected chi connectivity index (χ1v) is 12.5. The standard InChI is InChI=1S/C23H28ClN3O5S/c1-16(22(28)25-14-17-5-3-7-19(24)13-17)26-23(29)18-6-4-12-27(15-18)33(30,31)21-10-8-20(32-2)9-11-21/h3,5,7-11,13,16,18H,4,6,12,14-15H2,1-2H3,(H,25,28)(H,26,29)/t16-,18+/m1/s1. The van der Waals surface area contributed by atoms with Crippen molar-refractivity contribution < 1.29 is 22.7 Å². The zero-order chi connectivity index (χ0) is 24.0. The molecule has 10 heteroatoms. The number of halogens is 1. The highest BCUT2D eigenvalue weighted by Crippen LogP contribution is 2.25. The molecule has 0 aromatic heterocycles. The second-order valence-corrected chi connectivity index (χ2v) is 10.3. The lowest BCUT2D eigenvalue weighted by Crippen LogP contribution is -2.50. The van der Waals surface area contributed by atoms with Gasteiger partial charge in [0.25, 0.3) is 0 Å². The summed E-state index contributed by atoms with van der Waals surface area (Å²) in [4.78, 5) is 25.3. The Morgan fingerprint density at radius 2 is 1.94 bits per heavy atom. The summed E-state index contributed by atoms with van der Waals surface area (Å²) in [6, 6.07) is 12.5. The van der Waals surface area contributed by atoms with Gasteiger partial charge in [-0.1, -0.05) is 23.7 Å². The molecule has 3 rings (SSSR count). The van der Waals surface area contributed by atoms with Gasteiger partial charge in [0.1, 0.15) is 11.8 Å². The van der Waals surface area contributed by atoms with Gasteiger partial charge in [0, 0.05) is 24.7 Å². The summed E-state index contributed by atoms with van der Waals surface area (Å²) in [6.07, 6.45) is 1.11. The number of piperidine rings is 1. The SMILES string of the molecule is COc1ccc(S(=O)(=O)N2CCC[C@H](C(=O)N[C@H](C)C(=O)NCc3cccc(Cl)c3)C2)cc1. The molecule has 1 aliphatic heterocycles. The minimum Gasteiger partial charge on any atom is -0.497 e. The Hall–Kier alpha value is -2.62. The Kier molecular flexibility index (Phi) is 8.34. The maximum atomic E-state index is 13.0. The van der Waals surface area contributed by atoms with Crippen molar-refractivity contribution in [3.63, 3.8) is 0 Å². The Balaban J connectivity index is 1.56. The predicted molar refractivity (Wildman–Crippen MR) is 125 cm³/mol. The highest BCUT2D eigenvalue weighted by Gasteiger charge is 2.34. The van der Waals surface area contributed by atoms with Crippen molar-refractivity contribution in [1.29, 1.82) is 0 Å². The third-order valence-corrected chi connectivity index (χ3v) is 7.67. The molecule has 2 atom stereocenters. The molecule has 1 heterocycles. The van der Waals surface area contributed by atoms with Crippen LogP contribution in [-0.2, 0) is 26.2 Å². The smallest absolute Gasteiger partial charge is 0.243 e. The predicted octanol–water partition coefficient (Wildman–Crippen LogP) is 2.57. The van der Waals surface area contributed by atoms with Gasteiger partial charge in [0.2, 0.25) is 21.8 Å². The second-order valence-electron chi connectivity index (χ2n) is 7.96. The number of ether oxygens (including phenoxy) is 1. The van der Waals surface area contributed by atoms with Gasteiger partial charge in [-0.05, 0) is 61.7 Å². The zero-order valence-electron chi connectivity index (χ0n) is 18.6. The number of amides is 2. The molecule has 0 saturated carbocycles. The number of nitrogens with one attached hydrogen (secondary N) is 2. The summed E-state index contributed by atoms with van der Waals surface area (Å²) < 4.78 is 32.4. The number of nitrogens with zero attached hydrogens (tertiary/aromatic N) is 1. The van der Waals surface area contributed by atoms with E-state index in [1.54, 1.807) is 37.3 Å². The monoisotopic (exact) mass is 493 g/mol. The van der Waals surface area contributed by atoms with Gasteiger partial charge in [0.15, 0.2) is 0 Å². The van der Waals surface area contributed by atoms with E-state index in [9.17, 15) is 18.0 Å². The van der Waals surface area contributed by atoms with Crippen LogP contribution in [0.3, 0.4) is 0 Å². The van der Waals surface area contributed by atoms with Gasteiger partial charge in [-0.25, -0.2) is 8.42 Å². The maximum absolute atomic E-state index is 13.0. The van der Waals surface area contributed by atoms with Crippen LogP contribution in [0, 0.1) is 5.92 Å². The number of benzene rings is 2. The molecule has 2 aromatic rings. The van der Waals surface area contributed by atoms with Crippen LogP contribution in [0.5, 0.6) is 5.75 Å². The fraction of sp³-hybridized carbons (Fsp3) is 0.391. The molecule has 0 unspecified atom stereocenters. The van der Waals surface area contributed by atoms with Gasteiger partial charge in [-0.15, -0.1) is 0 Å². The lowest BCUT2D eigenvalue weighted by atomic mass is 9.98. The number of hydrogen-bond acceptors (Lipinski definition) is 5. The zero-order valence-corrected chi connectivity index (χ0v) is 20.2. The van der Waals surface area contributed by atoms with Crippen molar-refractivity contribution in [2.45, 2.75) is 37.2 Å². The minimum atomic E-state index is -3.73. The highest BCUT2D eigenvalue weighted by molar-refractivity contribution is 7.89. The van der Waals surface area contributed by atoms with E-state index in [2.05, 4.69) is 10.6 Å². The molecule has 33 heavy (non-hydrogen) atoms. The van der Waals surface area contributed by atoms with Crippen molar-refractivity contribution in [3.05, 3.63) is 59.1 Å². The van der Waals surface area contributed by atoms with Crippen molar-refractivity contribution in [1.82, 2.24) is 14.9 Å². The molecule has 0 spiro atoms.